The van der Waals surface area contributed by atoms with Crippen LogP contribution in [-0.4, -0.2) is 62.7 Å². The number of pyridine rings is 1. The van der Waals surface area contributed by atoms with Gasteiger partial charge in [0.2, 0.25) is 0 Å². The summed E-state index contributed by atoms with van der Waals surface area (Å²) in [5.74, 6) is 0.0190. The minimum Gasteiger partial charge on any atom is -0.338 e. The van der Waals surface area contributed by atoms with Crippen LogP contribution in [0.2, 0.25) is 0 Å². The van der Waals surface area contributed by atoms with E-state index >= 15 is 0 Å². The van der Waals surface area contributed by atoms with Crippen LogP contribution in [0.3, 0.4) is 0 Å². The zero-order valence-electron chi connectivity index (χ0n) is 20.6. The highest BCUT2D eigenvalue weighted by atomic mass is 19.4. The lowest BCUT2D eigenvalue weighted by Crippen LogP contribution is -2.46. The number of piperidine rings is 1. The van der Waals surface area contributed by atoms with E-state index in [4.69, 9.17) is 5.10 Å². The first kappa shape index (κ1) is 24.2. The van der Waals surface area contributed by atoms with Crippen molar-refractivity contribution in [3.63, 3.8) is 0 Å². The number of alkyl halides is 3. The number of hydrogen-bond donors (Lipinski definition) is 0. The molecule has 3 aliphatic rings. The third-order valence-electron chi connectivity index (χ3n) is 7.88. The van der Waals surface area contributed by atoms with E-state index in [0.717, 1.165) is 62.2 Å². The van der Waals surface area contributed by atoms with Gasteiger partial charge in [-0.2, -0.15) is 18.3 Å². The second kappa shape index (κ2) is 9.59. The Kier molecular flexibility index (Phi) is 6.26. The Morgan fingerprint density at radius 1 is 0.919 bits per heavy atom. The Morgan fingerprint density at radius 2 is 1.62 bits per heavy atom. The zero-order valence-corrected chi connectivity index (χ0v) is 20.6. The lowest BCUT2D eigenvalue weighted by Gasteiger charge is -2.36. The number of benzene rings is 1. The Hall–Kier alpha value is -3.20. The SMILES string of the molecule is O=C(c1c(-c2ccncc2)nn(-c2cccc(C(F)(F)F)c2)c1C1CC1)N1CCC(N2CCCC2)CC1. The van der Waals surface area contributed by atoms with E-state index in [-0.39, 0.29) is 11.8 Å². The Labute approximate surface area is 214 Å². The summed E-state index contributed by atoms with van der Waals surface area (Å²) in [6, 6.07) is 9.31. The largest absolute Gasteiger partial charge is 0.416 e. The number of hydrogen-bond acceptors (Lipinski definition) is 4. The third kappa shape index (κ3) is 4.77. The summed E-state index contributed by atoms with van der Waals surface area (Å²) in [7, 11) is 0. The molecule has 9 heteroatoms. The number of rotatable bonds is 5. The minimum atomic E-state index is -4.46. The molecule has 0 spiro atoms. The van der Waals surface area contributed by atoms with Crippen molar-refractivity contribution in [1.82, 2.24) is 24.6 Å². The molecule has 1 aliphatic carbocycles. The molecule has 0 bridgehead atoms. The maximum absolute atomic E-state index is 14.1. The fraction of sp³-hybridized carbons (Fsp3) is 0.464. The van der Waals surface area contributed by atoms with Gasteiger partial charge in [0.1, 0.15) is 5.69 Å². The minimum absolute atomic E-state index is 0.0770. The highest BCUT2D eigenvalue weighted by Gasteiger charge is 2.39. The molecule has 2 aromatic heterocycles. The fourth-order valence-corrected chi connectivity index (χ4v) is 5.80. The predicted octanol–water partition coefficient (Wildman–Crippen LogP) is 5.53. The van der Waals surface area contributed by atoms with Gasteiger partial charge in [0, 0.05) is 43.0 Å². The summed E-state index contributed by atoms with van der Waals surface area (Å²) < 4.78 is 42.1. The van der Waals surface area contributed by atoms with Crippen molar-refractivity contribution in [2.75, 3.05) is 26.2 Å². The summed E-state index contributed by atoms with van der Waals surface area (Å²) in [4.78, 5) is 22.7. The number of carbonyl (C=O) groups is 1. The second-order valence-electron chi connectivity index (χ2n) is 10.3. The Bertz CT molecular complexity index is 1270. The van der Waals surface area contributed by atoms with Crippen LogP contribution in [-0.2, 0) is 6.18 Å². The van der Waals surface area contributed by atoms with Crippen molar-refractivity contribution in [3.8, 4) is 16.9 Å². The first-order valence-corrected chi connectivity index (χ1v) is 13.1. The molecule has 194 valence electrons. The van der Waals surface area contributed by atoms with E-state index in [9.17, 15) is 18.0 Å². The van der Waals surface area contributed by atoms with Crippen molar-refractivity contribution in [2.45, 2.75) is 56.7 Å². The van der Waals surface area contributed by atoms with Crippen LogP contribution < -0.4 is 0 Å². The predicted molar refractivity (Wildman–Crippen MR) is 134 cm³/mol. The lowest BCUT2D eigenvalue weighted by molar-refractivity contribution is -0.137. The molecule has 6 nitrogen and oxygen atoms in total. The second-order valence-corrected chi connectivity index (χ2v) is 10.3. The number of halogens is 3. The first-order chi connectivity index (χ1) is 17.9. The number of nitrogens with zero attached hydrogens (tertiary/aromatic N) is 5. The van der Waals surface area contributed by atoms with Gasteiger partial charge in [0.25, 0.3) is 5.91 Å². The van der Waals surface area contributed by atoms with Gasteiger partial charge in [-0.05, 0) is 81.9 Å². The monoisotopic (exact) mass is 509 g/mol. The van der Waals surface area contributed by atoms with Gasteiger partial charge >= 0.3 is 6.18 Å². The van der Waals surface area contributed by atoms with Gasteiger partial charge in [-0.25, -0.2) is 4.68 Å². The summed E-state index contributed by atoms with van der Waals surface area (Å²) in [6.45, 7) is 3.63. The normalized spacial score (nSPS) is 19.5. The summed E-state index contributed by atoms with van der Waals surface area (Å²) in [5.41, 5.74) is 2.07. The number of aromatic nitrogens is 3. The Balaban J connectivity index is 1.40. The van der Waals surface area contributed by atoms with Crippen LogP contribution in [0.1, 0.15) is 66.1 Å². The van der Waals surface area contributed by atoms with Crippen LogP contribution in [0.4, 0.5) is 13.2 Å². The maximum Gasteiger partial charge on any atom is 0.416 e. The van der Waals surface area contributed by atoms with Gasteiger partial charge in [-0.3, -0.25) is 9.78 Å². The van der Waals surface area contributed by atoms with Crippen LogP contribution in [0, 0.1) is 0 Å². The van der Waals surface area contributed by atoms with Gasteiger partial charge < -0.3 is 9.80 Å². The van der Waals surface area contributed by atoms with Gasteiger partial charge in [-0.1, -0.05) is 6.07 Å². The average molecular weight is 510 g/mol. The van der Waals surface area contributed by atoms with Gasteiger partial charge in [0.15, 0.2) is 0 Å². The molecule has 0 atom stereocenters. The molecule has 3 aromatic rings. The van der Waals surface area contributed by atoms with Crippen LogP contribution >= 0.6 is 0 Å². The molecule has 2 saturated heterocycles. The third-order valence-corrected chi connectivity index (χ3v) is 7.88. The summed E-state index contributed by atoms with van der Waals surface area (Å²) in [6.07, 6.45) is 4.97. The number of carbonyl (C=O) groups excluding carboxylic acids is 1. The molecule has 4 heterocycles. The molecule has 37 heavy (non-hydrogen) atoms. The van der Waals surface area contributed by atoms with Crippen molar-refractivity contribution >= 4 is 5.91 Å². The average Bonchev–Trinajstić information content (AvgIpc) is 3.45. The molecular weight excluding hydrogens is 479 g/mol. The molecular formula is C28H30F3N5O. The van der Waals surface area contributed by atoms with Crippen LogP contribution in [0.15, 0.2) is 48.8 Å². The number of amides is 1. The highest BCUT2D eigenvalue weighted by Crippen LogP contribution is 2.45. The first-order valence-electron chi connectivity index (χ1n) is 13.1. The summed E-state index contributed by atoms with van der Waals surface area (Å²) >= 11 is 0. The highest BCUT2D eigenvalue weighted by molar-refractivity contribution is 6.01. The van der Waals surface area contributed by atoms with E-state index in [1.807, 2.05) is 4.90 Å². The van der Waals surface area contributed by atoms with Crippen molar-refractivity contribution in [2.24, 2.45) is 0 Å². The molecule has 1 amide bonds. The smallest absolute Gasteiger partial charge is 0.338 e. The van der Waals surface area contributed by atoms with Crippen molar-refractivity contribution < 1.29 is 18.0 Å². The molecule has 6 rings (SSSR count). The molecule has 3 fully saturated rings. The van der Waals surface area contributed by atoms with Crippen molar-refractivity contribution in [1.29, 1.82) is 0 Å². The molecule has 0 N–H and O–H groups in total. The summed E-state index contributed by atoms with van der Waals surface area (Å²) in [5, 5.41) is 4.79. The van der Waals surface area contributed by atoms with E-state index in [1.54, 1.807) is 35.3 Å². The van der Waals surface area contributed by atoms with E-state index in [0.29, 0.717) is 36.1 Å². The van der Waals surface area contributed by atoms with Crippen LogP contribution in [0.5, 0.6) is 0 Å². The molecule has 0 radical (unpaired) electrons. The fourth-order valence-electron chi connectivity index (χ4n) is 5.80. The number of likely N-dealkylation sites (tertiary alicyclic amines) is 2. The van der Waals surface area contributed by atoms with Gasteiger partial charge in [-0.15, -0.1) is 0 Å². The van der Waals surface area contributed by atoms with Crippen LogP contribution in [0.25, 0.3) is 16.9 Å². The van der Waals surface area contributed by atoms with E-state index < -0.39 is 11.7 Å². The van der Waals surface area contributed by atoms with Crippen molar-refractivity contribution in [3.05, 3.63) is 65.6 Å². The Morgan fingerprint density at radius 3 is 2.27 bits per heavy atom. The molecule has 1 saturated carbocycles. The standard InChI is InChI=1S/C28H30F3N5O/c29-28(30,31)21-4-3-5-23(18-21)36-26(20-6-7-20)24(25(33-36)19-8-12-32-13-9-19)27(37)35-16-10-22(11-17-35)34-14-1-2-15-34/h3-5,8-9,12-13,18,20,22H,1-2,6-7,10-11,14-17H2. The lowest BCUT2D eigenvalue weighted by atomic mass is 9.99. The van der Waals surface area contributed by atoms with E-state index in [2.05, 4.69) is 9.88 Å². The molecule has 2 aliphatic heterocycles. The molecule has 1 aromatic carbocycles. The van der Waals surface area contributed by atoms with Gasteiger partial charge in [0.05, 0.1) is 22.5 Å². The molecule has 0 unspecified atom stereocenters. The maximum atomic E-state index is 14.1. The quantitative estimate of drug-likeness (QED) is 0.454. The topological polar surface area (TPSA) is 54.3 Å². The van der Waals surface area contributed by atoms with E-state index in [1.165, 1.54) is 18.9 Å². The zero-order chi connectivity index (χ0) is 25.6.